The molecule has 5 heteroatoms. The highest BCUT2D eigenvalue weighted by Gasteiger charge is 2.16. The number of aliphatic hydroxyl groups is 1. The van der Waals surface area contributed by atoms with Crippen LogP contribution in [0.15, 0.2) is 85.1 Å². The summed E-state index contributed by atoms with van der Waals surface area (Å²) in [6, 6.07) is 0. The van der Waals surface area contributed by atoms with Gasteiger partial charge < -0.3 is 14.6 Å². The topological polar surface area (TPSA) is 72.8 Å². The largest absolute Gasteiger partial charge is 0.462 e. The molecule has 0 saturated heterocycles. The Bertz CT molecular complexity index is 1380. The van der Waals surface area contributed by atoms with E-state index in [1.54, 1.807) is 0 Å². The molecule has 1 atom stereocenters. The van der Waals surface area contributed by atoms with Gasteiger partial charge in [-0.05, 0) is 89.9 Å². The number of esters is 2. The van der Waals surface area contributed by atoms with Gasteiger partial charge >= 0.3 is 11.9 Å². The molecule has 440 valence electrons. The van der Waals surface area contributed by atoms with Crippen molar-refractivity contribution < 1.29 is 24.2 Å². The number of rotatable bonds is 61. The lowest BCUT2D eigenvalue weighted by atomic mass is 10.0. The van der Waals surface area contributed by atoms with Crippen LogP contribution in [0, 0.1) is 0 Å². The van der Waals surface area contributed by atoms with Crippen LogP contribution in [0.4, 0.5) is 0 Å². The standard InChI is InChI=1S/C71H126O5/c1-3-5-7-9-11-13-15-17-19-21-23-25-26-27-28-29-30-31-32-33-34-35-36-37-38-39-40-41-42-43-44-46-47-49-51-53-55-57-59-61-63-65-70(73)75-68-69(67-72)76-71(74)66-64-62-60-58-56-54-52-50-48-45-24-22-20-18-16-14-12-10-8-6-4-2/h6,8,12,14-15,17-18,20-21,23-24,26-27,45,69,72H,3-5,7,9-11,13,16,19,22,25,28-44,46-68H2,1-2H3/b8-6-,14-12-,17-15-,20-18-,23-21-,27-26-,45-24-. The third kappa shape index (κ3) is 63.6. The maximum absolute atomic E-state index is 12.3. The number of carbonyl (C=O) groups excluding carboxylic acids is 2. The van der Waals surface area contributed by atoms with Crippen molar-refractivity contribution in [1.82, 2.24) is 0 Å². The summed E-state index contributed by atoms with van der Waals surface area (Å²) in [4.78, 5) is 24.6. The minimum absolute atomic E-state index is 0.0688. The molecule has 0 aliphatic carbocycles. The van der Waals surface area contributed by atoms with Crippen LogP contribution >= 0.6 is 0 Å². The van der Waals surface area contributed by atoms with Gasteiger partial charge in [0.1, 0.15) is 6.61 Å². The number of allylic oxidation sites excluding steroid dienone is 14. The molecule has 1 unspecified atom stereocenters. The number of hydrogen-bond acceptors (Lipinski definition) is 5. The summed E-state index contributed by atoms with van der Waals surface area (Å²) < 4.78 is 10.7. The van der Waals surface area contributed by atoms with E-state index in [0.29, 0.717) is 12.8 Å². The van der Waals surface area contributed by atoms with Crippen LogP contribution in [-0.2, 0) is 19.1 Å². The fourth-order valence-electron chi connectivity index (χ4n) is 9.73. The Kier molecular flexibility index (Phi) is 63.8. The van der Waals surface area contributed by atoms with Gasteiger partial charge in [0.25, 0.3) is 0 Å². The van der Waals surface area contributed by atoms with Crippen molar-refractivity contribution in [2.45, 2.75) is 341 Å². The van der Waals surface area contributed by atoms with Gasteiger partial charge in [-0.3, -0.25) is 9.59 Å². The third-order valence-electron chi connectivity index (χ3n) is 14.7. The molecule has 0 rings (SSSR count). The van der Waals surface area contributed by atoms with Crippen molar-refractivity contribution in [2.75, 3.05) is 13.2 Å². The predicted molar refractivity (Wildman–Crippen MR) is 334 cm³/mol. The zero-order valence-corrected chi connectivity index (χ0v) is 50.5. The summed E-state index contributed by atoms with van der Waals surface area (Å²) in [6.45, 7) is 4.04. The van der Waals surface area contributed by atoms with Gasteiger partial charge in [-0.25, -0.2) is 0 Å². The molecule has 0 radical (unpaired) electrons. The van der Waals surface area contributed by atoms with Gasteiger partial charge in [-0.2, -0.15) is 0 Å². The molecule has 0 aromatic carbocycles. The fourth-order valence-corrected chi connectivity index (χ4v) is 9.73. The lowest BCUT2D eigenvalue weighted by molar-refractivity contribution is -0.161. The van der Waals surface area contributed by atoms with Crippen molar-refractivity contribution >= 4 is 11.9 Å². The number of ether oxygens (including phenoxy) is 2. The van der Waals surface area contributed by atoms with E-state index in [1.165, 1.54) is 225 Å². The molecule has 0 spiro atoms. The van der Waals surface area contributed by atoms with E-state index in [2.05, 4.69) is 98.9 Å². The molecule has 1 N–H and O–H groups in total. The molecule has 0 aliphatic rings. The van der Waals surface area contributed by atoms with E-state index < -0.39 is 6.10 Å². The lowest BCUT2D eigenvalue weighted by Gasteiger charge is -2.15. The molecular weight excluding hydrogens is 933 g/mol. The summed E-state index contributed by atoms with van der Waals surface area (Å²) in [7, 11) is 0. The van der Waals surface area contributed by atoms with E-state index in [0.717, 1.165) is 83.5 Å². The van der Waals surface area contributed by atoms with Crippen molar-refractivity contribution in [3.63, 3.8) is 0 Å². The predicted octanol–water partition coefficient (Wildman–Crippen LogP) is 22.9. The first kappa shape index (κ1) is 73.1. The van der Waals surface area contributed by atoms with Gasteiger partial charge in [-0.15, -0.1) is 0 Å². The summed E-state index contributed by atoms with van der Waals surface area (Å²) in [5, 5.41) is 9.67. The first-order chi connectivity index (χ1) is 37.6. The highest BCUT2D eigenvalue weighted by molar-refractivity contribution is 5.70. The van der Waals surface area contributed by atoms with E-state index in [9.17, 15) is 14.7 Å². The Hall–Kier alpha value is -2.92. The molecule has 0 aliphatic heterocycles. The van der Waals surface area contributed by atoms with Gasteiger partial charge in [0.05, 0.1) is 6.61 Å². The average Bonchev–Trinajstić information content (AvgIpc) is 3.42. The molecule has 0 aromatic rings. The molecule has 0 fully saturated rings. The summed E-state index contributed by atoms with van der Waals surface area (Å²) >= 11 is 0. The molecule has 0 heterocycles. The van der Waals surface area contributed by atoms with Crippen LogP contribution in [0.5, 0.6) is 0 Å². The zero-order valence-electron chi connectivity index (χ0n) is 50.5. The molecular formula is C71H126O5. The van der Waals surface area contributed by atoms with Crippen molar-refractivity contribution in [3.8, 4) is 0 Å². The second-order valence-corrected chi connectivity index (χ2v) is 22.2. The van der Waals surface area contributed by atoms with Crippen LogP contribution < -0.4 is 0 Å². The van der Waals surface area contributed by atoms with Gasteiger partial charge in [0.15, 0.2) is 6.10 Å². The van der Waals surface area contributed by atoms with Crippen LogP contribution in [0.1, 0.15) is 335 Å². The van der Waals surface area contributed by atoms with Gasteiger partial charge in [-0.1, -0.05) is 317 Å². The van der Waals surface area contributed by atoms with Crippen LogP contribution in [0.3, 0.4) is 0 Å². The normalized spacial score (nSPS) is 12.7. The van der Waals surface area contributed by atoms with Gasteiger partial charge in [0, 0.05) is 12.8 Å². The van der Waals surface area contributed by atoms with Crippen molar-refractivity contribution in [2.24, 2.45) is 0 Å². The van der Waals surface area contributed by atoms with Gasteiger partial charge in [0.2, 0.25) is 0 Å². The fraction of sp³-hybridized carbons (Fsp3) is 0.775. The summed E-state index contributed by atoms with van der Waals surface area (Å²) in [5.74, 6) is -0.589. The molecule has 0 aromatic heterocycles. The Morgan fingerprint density at radius 1 is 0.316 bits per heavy atom. The molecule has 5 nitrogen and oxygen atoms in total. The Morgan fingerprint density at radius 2 is 0.566 bits per heavy atom. The molecule has 0 bridgehead atoms. The minimum Gasteiger partial charge on any atom is -0.462 e. The number of aliphatic hydroxyl groups excluding tert-OH is 1. The lowest BCUT2D eigenvalue weighted by Crippen LogP contribution is -2.28. The maximum Gasteiger partial charge on any atom is 0.306 e. The summed E-state index contributed by atoms with van der Waals surface area (Å²) in [5.41, 5.74) is 0. The number of carbonyl (C=O) groups is 2. The van der Waals surface area contributed by atoms with Crippen LogP contribution in [0.2, 0.25) is 0 Å². The van der Waals surface area contributed by atoms with E-state index in [-0.39, 0.29) is 25.2 Å². The van der Waals surface area contributed by atoms with E-state index in [4.69, 9.17) is 9.47 Å². The first-order valence-corrected chi connectivity index (χ1v) is 33.1. The Labute approximate surface area is 473 Å². The number of hydrogen-bond donors (Lipinski definition) is 1. The highest BCUT2D eigenvalue weighted by Crippen LogP contribution is 2.18. The minimum atomic E-state index is -0.780. The average molecular weight is 1060 g/mol. The van der Waals surface area contributed by atoms with Crippen LogP contribution in [-0.4, -0.2) is 36.4 Å². The SMILES string of the molecule is CC/C=C\C/C=C\C/C=C\C/C=C\CCCCCCCCCCC(=O)OC(CO)COC(=O)CCCCCCCCCCCCCCCCCCCCCCCCCCCC/C=C\C/C=C\C/C=C\CCCCCCC. The first-order valence-electron chi connectivity index (χ1n) is 33.1. The van der Waals surface area contributed by atoms with Crippen molar-refractivity contribution in [3.05, 3.63) is 85.1 Å². The number of unbranched alkanes of at least 4 members (excludes halogenated alkanes) is 39. The van der Waals surface area contributed by atoms with Crippen LogP contribution in [0.25, 0.3) is 0 Å². The second-order valence-electron chi connectivity index (χ2n) is 22.2. The smallest absolute Gasteiger partial charge is 0.306 e. The Morgan fingerprint density at radius 3 is 0.855 bits per heavy atom. The quantitative estimate of drug-likeness (QED) is 0.0373. The highest BCUT2D eigenvalue weighted by atomic mass is 16.6. The van der Waals surface area contributed by atoms with E-state index in [1.807, 2.05) is 0 Å². The van der Waals surface area contributed by atoms with E-state index >= 15 is 0 Å². The molecule has 0 saturated carbocycles. The van der Waals surface area contributed by atoms with Crippen molar-refractivity contribution in [1.29, 1.82) is 0 Å². The monoisotopic (exact) mass is 1060 g/mol. The molecule has 0 amide bonds. The molecule has 76 heavy (non-hydrogen) atoms. The third-order valence-corrected chi connectivity index (χ3v) is 14.7. The Balaban J connectivity index is 3.40. The maximum atomic E-state index is 12.3. The zero-order chi connectivity index (χ0) is 54.8. The second kappa shape index (κ2) is 66.4. The summed E-state index contributed by atoms with van der Waals surface area (Å²) in [6.07, 6.45) is 93.2.